The summed E-state index contributed by atoms with van der Waals surface area (Å²) < 4.78 is 10.4. The van der Waals surface area contributed by atoms with Crippen molar-refractivity contribution >= 4 is 23.5 Å². The summed E-state index contributed by atoms with van der Waals surface area (Å²) in [5.41, 5.74) is 1.05. The van der Waals surface area contributed by atoms with Crippen LogP contribution in [0.25, 0.3) is 0 Å². The molecule has 0 aromatic heterocycles. The summed E-state index contributed by atoms with van der Waals surface area (Å²) >= 11 is 0. The lowest BCUT2D eigenvalue weighted by Crippen LogP contribution is -2.33. The number of nitrogens with two attached hydrogens (primary N) is 1. The molecule has 0 aliphatic rings. The molecule has 1 rings (SSSR count). The van der Waals surface area contributed by atoms with E-state index in [2.05, 4.69) is 5.32 Å². The third kappa shape index (κ3) is 6.02. The summed E-state index contributed by atoms with van der Waals surface area (Å²) in [6.45, 7) is 9.21. The van der Waals surface area contributed by atoms with Crippen LogP contribution in [0.3, 0.4) is 0 Å². The number of rotatable bonds is 5. The topological polar surface area (TPSA) is 151 Å². The van der Waals surface area contributed by atoms with Crippen molar-refractivity contribution in [2.24, 2.45) is 5.73 Å². The molecule has 154 valence electrons. The SMILES string of the molecule is CC(C)(C)OC(=O)c1ccc(C(=O)NCN)c(C(=O)OC(C)(C)C)c1[N+](=O)[O-]. The Morgan fingerprint density at radius 1 is 1.00 bits per heavy atom. The minimum Gasteiger partial charge on any atom is -0.456 e. The molecule has 0 bridgehead atoms. The van der Waals surface area contributed by atoms with Crippen LogP contribution in [0.15, 0.2) is 12.1 Å². The van der Waals surface area contributed by atoms with E-state index in [1.165, 1.54) is 0 Å². The van der Waals surface area contributed by atoms with Crippen LogP contribution in [0.2, 0.25) is 0 Å². The monoisotopic (exact) mass is 395 g/mol. The first kappa shape index (κ1) is 23.0. The summed E-state index contributed by atoms with van der Waals surface area (Å²) in [4.78, 5) is 48.3. The van der Waals surface area contributed by atoms with Crippen LogP contribution in [-0.2, 0) is 9.47 Å². The van der Waals surface area contributed by atoms with Gasteiger partial charge in [0.2, 0.25) is 0 Å². The smallest absolute Gasteiger partial charge is 0.346 e. The molecule has 0 saturated heterocycles. The van der Waals surface area contributed by atoms with E-state index in [4.69, 9.17) is 15.2 Å². The Morgan fingerprint density at radius 3 is 1.89 bits per heavy atom. The molecule has 0 atom stereocenters. The molecule has 0 heterocycles. The van der Waals surface area contributed by atoms with Crippen molar-refractivity contribution in [3.05, 3.63) is 38.9 Å². The molecule has 1 amide bonds. The second-order valence-electron chi connectivity index (χ2n) is 7.86. The summed E-state index contributed by atoms with van der Waals surface area (Å²) in [5.74, 6) is -2.94. The maximum atomic E-state index is 12.7. The summed E-state index contributed by atoms with van der Waals surface area (Å²) in [6, 6.07) is 2.18. The van der Waals surface area contributed by atoms with Crippen LogP contribution in [0.1, 0.15) is 72.6 Å². The number of nitro benzene ring substituents is 1. The minimum absolute atomic E-state index is 0.256. The van der Waals surface area contributed by atoms with Gasteiger partial charge in [-0.25, -0.2) is 9.59 Å². The molecule has 3 N–H and O–H groups in total. The molecule has 0 fully saturated rings. The fourth-order valence-corrected chi connectivity index (χ4v) is 2.19. The Kier molecular flexibility index (Phi) is 6.86. The van der Waals surface area contributed by atoms with Gasteiger partial charge in [-0.1, -0.05) is 0 Å². The number of esters is 2. The maximum Gasteiger partial charge on any atom is 0.346 e. The number of hydrogen-bond acceptors (Lipinski definition) is 8. The normalized spacial score (nSPS) is 11.5. The molecule has 0 unspecified atom stereocenters. The lowest BCUT2D eigenvalue weighted by atomic mass is 9.99. The number of benzene rings is 1. The first-order chi connectivity index (χ1) is 12.7. The van der Waals surface area contributed by atoms with E-state index < -0.39 is 50.8 Å². The first-order valence-corrected chi connectivity index (χ1v) is 8.44. The quantitative estimate of drug-likeness (QED) is 0.333. The van der Waals surface area contributed by atoms with Crippen molar-refractivity contribution < 1.29 is 28.8 Å². The molecule has 1 aromatic rings. The fourth-order valence-electron chi connectivity index (χ4n) is 2.19. The summed E-state index contributed by atoms with van der Waals surface area (Å²) in [5, 5.41) is 14.0. The van der Waals surface area contributed by atoms with Crippen molar-refractivity contribution in [1.29, 1.82) is 0 Å². The summed E-state index contributed by atoms with van der Waals surface area (Å²) in [7, 11) is 0. The van der Waals surface area contributed by atoms with Gasteiger partial charge in [-0.15, -0.1) is 0 Å². The molecule has 28 heavy (non-hydrogen) atoms. The largest absolute Gasteiger partial charge is 0.456 e. The highest BCUT2D eigenvalue weighted by Gasteiger charge is 2.37. The van der Waals surface area contributed by atoms with Gasteiger partial charge in [-0.05, 0) is 53.7 Å². The third-order valence-corrected chi connectivity index (χ3v) is 3.09. The van der Waals surface area contributed by atoms with Crippen molar-refractivity contribution in [2.45, 2.75) is 52.7 Å². The average Bonchev–Trinajstić information content (AvgIpc) is 2.50. The van der Waals surface area contributed by atoms with E-state index >= 15 is 0 Å². The number of nitrogens with one attached hydrogen (secondary N) is 1. The van der Waals surface area contributed by atoms with E-state index in [0.717, 1.165) is 12.1 Å². The number of nitrogens with zero attached hydrogens (tertiary/aromatic N) is 1. The lowest BCUT2D eigenvalue weighted by molar-refractivity contribution is -0.385. The van der Waals surface area contributed by atoms with Gasteiger partial charge in [0, 0.05) is 0 Å². The standard InChI is InChI=1S/C18H25N3O7/c1-17(2,3)27-15(23)11-8-7-10(14(22)20-9-19)12(13(11)21(25)26)16(24)28-18(4,5)6/h7-8H,9,19H2,1-6H3,(H,20,22). The zero-order valence-corrected chi connectivity index (χ0v) is 16.7. The minimum atomic E-state index is -1.12. The number of carbonyl (C=O) groups is 3. The molecule has 0 radical (unpaired) electrons. The van der Waals surface area contributed by atoms with Crippen molar-refractivity contribution in [2.75, 3.05) is 6.67 Å². The van der Waals surface area contributed by atoms with E-state index in [1.54, 1.807) is 41.5 Å². The Morgan fingerprint density at radius 2 is 1.46 bits per heavy atom. The second-order valence-corrected chi connectivity index (χ2v) is 7.86. The molecule has 0 spiro atoms. The van der Waals surface area contributed by atoms with Crippen molar-refractivity contribution in [3.63, 3.8) is 0 Å². The number of nitro groups is 1. The highest BCUT2D eigenvalue weighted by Crippen LogP contribution is 2.31. The zero-order chi connectivity index (χ0) is 21.9. The lowest BCUT2D eigenvalue weighted by Gasteiger charge is -2.22. The van der Waals surface area contributed by atoms with Crippen molar-refractivity contribution in [1.82, 2.24) is 5.32 Å². The first-order valence-electron chi connectivity index (χ1n) is 8.44. The highest BCUT2D eigenvalue weighted by molar-refractivity contribution is 6.11. The molecular weight excluding hydrogens is 370 g/mol. The van der Waals surface area contributed by atoms with Crippen LogP contribution < -0.4 is 11.1 Å². The molecule has 0 aliphatic carbocycles. The molecule has 1 aromatic carbocycles. The predicted octanol–water partition coefficient (Wildman–Crippen LogP) is 2.15. The average molecular weight is 395 g/mol. The van der Waals surface area contributed by atoms with Gasteiger partial charge in [0.15, 0.2) is 5.56 Å². The van der Waals surface area contributed by atoms with Crippen LogP contribution in [0.4, 0.5) is 5.69 Å². The third-order valence-electron chi connectivity index (χ3n) is 3.09. The molecule has 10 nitrogen and oxygen atoms in total. The van der Waals surface area contributed by atoms with E-state index in [1.807, 2.05) is 0 Å². The number of carbonyl (C=O) groups excluding carboxylic acids is 3. The van der Waals surface area contributed by atoms with Gasteiger partial charge in [-0.3, -0.25) is 14.9 Å². The maximum absolute atomic E-state index is 12.7. The van der Waals surface area contributed by atoms with E-state index in [0.29, 0.717) is 0 Å². The number of ether oxygens (including phenoxy) is 2. The van der Waals surface area contributed by atoms with Crippen LogP contribution >= 0.6 is 0 Å². The van der Waals surface area contributed by atoms with Crippen LogP contribution in [0, 0.1) is 10.1 Å². The van der Waals surface area contributed by atoms with Gasteiger partial charge >= 0.3 is 11.9 Å². The van der Waals surface area contributed by atoms with Gasteiger partial charge < -0.3 is 20.5 Å². The zero-order valence-electron chi connectivity index (χ0n) is 16.7. The fraction of sp³-hybridized carbons (Fsp3) is 0.500. The number of amides is 1. The van der Waals surface area contributed by atoms with Gasteiger partial charge in [-0.2, -0.15) is 0 Å². The van der Waals surface area contributed by atoms with Gasteiger partial charge in [0.25, 0.3) is 11.6 Å². The Bertz CT molecular complexity index is 805. The summed E-state index contributed by atoms with van der Waals surface area (Å²) in [6.07, 6.45) is 0. The van der Waals surface area contributed by atoms with Crippen LogP contribution in [0.5, 0.6) is 0 Å². The molecule has 0 saturated carbocycles. The van der Waals surface area contributed by atoms with E-state index in [-0.39, 0.29) is 12.2 Å². The van der Waals surface area contributed by atoms with Crippen LogP contribution in [-0.4, -0.2) is 40.6 Å². The number of hydrogen-bond donors (Lipinski definition) is 2. The highest BCUT2D eigenvalue weighted by atomic mass is 16.6. The van der Waals surface area contributed by atoms with Gasteiger partial charge in [0.05, 0.1) is 17.2 Å². The Hall–Kier alpha value is -3.01. The Balaban J connectivity index is 3.74. The van der Waals surface area contributed by atoms with E-state index in [9.17, 15) is 24.5 Å². The molecular formula is C18H25N3O7. The molecule has 10 heteroatoms. The molecule has 0 aliphatic heterocycles. The van der Waals surface area contributed by atoms with Gasteiger partial charge in [0.1, 0.15) is 16.8 Å². The van der Waals surface area contributed by atoms with Crippen molar-refractivity contribution in [3.8, 4) is 0 Å². The second kappa shape index (κ2) is 8.34. The Labute approximate surface area is 162 Å². The predicted molar refractivity (Wildman–Crippen MR) is 100.0 cm³/mol.